The Morgan fingerprint density at radius 3 is 2.19 bits per heavy atom. The quantitative estimate of drug-likeness (QED) is 0.432. The standard InChI is InChI=1S/C25H21N3O4/c26-23(29)17-31-22-13-11-19(12-14-22)25(30)32-16-20-15-28(21-9-5-2-6-10-21)27-24(20)18-7-3-1-4-8-18/h1-15H,16-17H2,(H2,26,29). The number of aromatic nitrogens is 2. The summed E-state index contributed by atoms with van der Waals surface area (Å²) in [5, 5.41) is 4.72. The average molecular weight is 427 g/mol. The molecule has 0 aliphatic carbocycles. The van der Waals surface area contributed by atoms with E-state index < -0.39 is 11.9 Å². The summed E-state index contributed by atoms with van der Waals surface area (Å²) in [4.78, 5) is 23.4. The normalized spacial score (nSPS) is 10.5. The van der Waals surface area contributed by atoms with E-state index in [9.17, 15) is 9.59 Å². The molecule has 0 aliphatic heterocycles. The van der Waals surface area contributed by atoms with Crippen molar-refractivity contribution < 1.29 is 19.1 Å². The van der Waals surface area contributed by atoms with Gasteiger partial charge in [-0.15, -0.1) is 0 Å². The molecule has 7 heteroatoms. The Labute approximate surface area is 185 Å². The van der Waals surface area contributed by atoms with Crippen LogP contribution in [0.3, 0.4) is 0 Å². The van der Waals surface area contributed by atoms with Crippen LogP contribution in [0.4, 0.5) is 0 Å². The first-order valence-corrected chi connectivity index (χ1v) is 9.98. The molecule has 0 bridgehead atoms. The number of carbonyl (C=O) groups is 2. The third-order valence-corrected chi connectivity index (χ3v) is 4.69. The fourth-order valence-electron chi connectivity index (χ4n) is 3.14. The van der Waals surface area contributed by atoms with Crippen LogP contribution in [0, 0.1) is 0 Å². The van der Waals surface area contributed by atoms with E-state index in [-0.39, 0.29) is 13.2 Å². The van der Waals surface area contributed by atoms with E-state index in [1.807, 2.05) is 66.9 Å². The summed E-state index contributed by atoms with van der Waals surface area (Å²) in [5.74, 6) is -0.604. The van der Waals surface area contributed by atoms with E-state index in [0.29, 0.717) is 11.3 Å². The monoisotopic (exact) mass is 427 g/mol. The number of nitrogens with two attached hydrogens (primary N) is 1. The molecule has 0 aliphatic rings. The Morgan fingerprint density at radius 2 is 1.53 bits per heavy atom. The van der Waals surface area contributed by atoms with Crippen molar-refractivity contribution in [1.29, 1.82) is 0 Å². The highest BCUT2D eigenvalue weighted by molar-refractivity contribution is 5.89. The first-order valence-electron chi connectivity index (χ1n) is 9.98. The molecule has 0 radical (unpaired) electrons. The Morgan fingerprint density at radius 1 is 0.875 bits per heavy atom. The second-order valence-corrected chi connectivity index (χ2v) is 7.00. The minimum atomic E-state index is -0.571. The zero-order chi connectivity index (χ0) is 22.3. The summed E-state index contributed by atoms with van der Waals surface area (Å²) in [5.41, 5.74) is 8.81. The molecule has 0 saturated carbocycles. The number of ether oxygens (including phenoxy) is 2. The number of para-hydroxylation sites is 1. The fraction of sp³-hybridized carbons (Fsp3) is 0.0800. The second kappa shape index (κ2) is 9.61. The van der Waals surface area contributed by atoms with Gasteiger partial charge in [0.1, 0.15) is 12.4 Å². The highest BCUT2D eigenvalue weighted by Gasteiger charge is 2.15. The SMILES string of the molecule is NC(=O)COc1ccc(C(=O)OCc2cn(-c3ccccc3)nc2-c2ccccc2)cc1. The van der Waals surface area contributed by atoms with Gasteiger partial charge in [-0.2, -0.15) is 5.10 Å². The van der Waals surface area contributed by atoms with E-state index >= 15 is 0 Å². The molecule has 0 spiro atoms. The second-order valence-electron chi connectivity index (χ2n) is 7.00. The van der Waals surface area contributed by atoms with Crippen LogP contribution in [0.5, 0.6) is 5.75 Å². The molecule has 0 fully saturated rings. The molecule has 0 saturated heterocycles. The lowest BCUT2D eigenvalue weighted by Gasteiger charge is -2.07. The molecule has 160 valence electrons. The Kier molecular flexibility index (Phi) is 6.27. The zero-order valence-corrected chi connectivity index (χ0v) is 17.2. The van der Waals surface area contributed by atoms with Crippen LogP contribution in [0.2, 0.25) is 0 Å². The van der Waals surface area contributed by atoms with Crippen molar-refractivity contribution in [2.24, 2.45) is 5.73 Å². The van der Waals surface area contributed by atoms with Gasteiger partial charge in [0.05, 0.1) is 16.9 Å². The Bertz CT molecular complexity index is 1200. The van der Waals surface area contributed by atoms with E-state index in [0.717, 1.165) is 22.5 Å². The van der Waals surface area contributed by atoms with Gasteiger partial charge >= 0.3 is 5.97 Å². The summed E-state index contributed by atoms with van der Waals surface area (Å²) in [6.45, 7) is -0.159. The lowest BCUT2D eigenvalue weighted by molar-refractivity contribution is -0.119. The molecule has 1 heterocycles. The lowest BCUT2D eigenvalue weighted by atomic mass is 10.1. The van der Waals surface area contributed by atoms with Crippen LogP contribution >= 0.6 is 0 Å². The van der Waals surface area contributed by atoms with Crippen LogP contribution in [0.15, 0.2) is 91.1 Å². The van der Waals surface area contributed by atoms with Gasteiger partial charge in [0.25, 0.3) is 5.91 Å². The van der Waals surface area contributed by atoms with Gasteiger partial charge in [0, 0.05) is 17.3 Å². The van der Waals surface area contributed by atoms with Crippen LogP contribution < -0.4 is 10.5 Å². The maximum atomic E-state index is 12.6. The van der Waals surface area contributed by atoms with Gasteiger partial charge in [-0.1, -0.05) is 48.5 Å². The van der Waals surface area contributed by atoms with Crippen molar-refractivity contribution in [3.63, 3.8) is 0 Å². The van der Waals surface area contributed by atoms with Gasteiger partial charge in [-0.05, 0) is 36.4 Å². The van der Waals surface area contributed by atoms with Gasteiger partial charge < -0.3 is 15.2 Å². The first-order chi connectivity index (χ1) is 15.6. The summed E-state index contributed by atoms with van der Waals surface area (Å²) in [6, 6.07) is 25.8. The third-order valence-electron chi connectivity index (χ3n) is 4.69. The highest BCUT2D eigenvalue weighted by atomic mass is 16.5. The van der Waals surface area contributed by atoms with Crippen molar-refractivity contribution in [2.75, 3.05) is 6.61 Å². The molecule has 7 nitrogen and oxygen atoms in total. The van der Waals surface area contributed by atoms with Gasteiger partial charge in [0.2, 0.25) is 0 Å². The van der Waals surface area contributed by atoms with Crippen molar-refractivity contribution in [3.8, 4) is 22.7 Å². The summed E-state index contributed by atoms with van der Waals surface area (Å²) in [7, 11) is 0. The molecule has 1 amide bonds. The number of benzene rings is 3. The molecule has 4 rings (SSSR count). The van der Waals surface area contributed by atoms with E-state index in [4.69, 9.17) is 20.3 Å². The maximum Gasteiger partial charge on any atom is 0.338 e. The summed E-state index contributed by atoms with van der Waals surface area (Å²) >= 11 is 0. The Balaban J connectivity index is 1.51. The minimum Gasteiger partial charge on any atom is -0.484 e. The third kappa shape index (κ3) is 5.02. The number of primary amides is 1. The number of carbonyl (C=O) groups excluding carboxylic acids is 2. The van der Waals surface area contributed by atoms with Crippen molar-refractivity contribution in [2.45, 2.75) is 6.61 Å². The molecule has 3 aromatic carbocycles. The van der Waals surface area contributed by atoms with Crippen LogP contribution in [0.1, 0.15) is 15.9 Å². The first kappa shape index (κ1) is 20.9. The summed E-state index contributed by atoms with van der Waals surface area (Å²) < 4.78 is 12.5. The van der Waals surface area contributed by atoms with E-state index in [1.54, 1.807) is 28.9 Å². The minimum absolute atomic E-state index is 0.0653. The number of nitrogens with zero attached hydrogens (tertiary/aromatic N) is 2. The van der Waals surface area contributed by atoms with Gasteiger partial charge in [-0.3, -0.25) is 4.79 Å². The zero-order valence-electron chi connectivity index (χ0n) is 17.2. The number of amides is 1. The van der Waals surface area contributed by atoms with Gasteiger partial charge in [0.15, 0.2) is 6.61 Å². The molecule has 1 aromatic heterocycles. The van der Waals surface area contributed by atoms with Crippen LogP contribution in [0.25, 0.3) is 16.9 Å². The molecule has 4 aromatic rings. The summed E-state index contributed by atoms with van der Waals surface area (Å²) in [6.07, 6.45) is 1.87. The lowest BCUT2D eigenvalue weighted by Crippen LogP contribution is -2.20. The molecule has 0 atom stereocenters. The smallest absolute Gasteiger partial charge is 0.338 e. The van der Waals surface area contributed by atoms with Crippen LogP contribution in [-0.2, 0) is 16.1 Å². The highest BCUT2D eigenvalue weighted by Crippen LogP contribution is 2.24. The molecular formula is C25H21N3O4. The van der Waals surface area contributed by atoms with Crippen molar-refractivity contribution >= 4 is 11.9 Å². The number of rotatable bonds is 8. The number of hydrogen-bond acceptors (Lipinski definition) is 5. The van der Waals surface area contributed by atoms with Crippen molar-refractivity contribution in [1.82, 2.24) is 9.78 Å². The average Bonchev–Trinajstić information content (AvgIpc) is 3.27. The molecule has 0 unspecified atom stereocenters. The number of esters is 1. The molecule has 2 N–H and O–H groups in total. The fourth-order valence-corrected chi connectivity index (χ4v) is 3.14. The van der Waals surface area contributed by atoms with E-state index in [1.165, 1.54) is 0 Å². The maximum absolute atomic E-state index is 12.6. The van der Waals surface area contributed by atoms with Crippen LogP contribution in [-0.4, -0.2) is 28.3 Å². The molecular weight excluding hydrogens is 406 g/mol. The topological polar surface area (TPSA) is 96.4 Å². The van der Waals surface area contributed by atoms with Crippen molar-refractivity contribution in [3.05, 3.63) is 102 Å². The predicted molar refractivity (Wildman–Crippen MR) is 119 cm³/mol. The van der Waals surface area contributed by atoms with E-state index in [2.05, 4.69) is 0 Å². The predicted octanol–water partition coefficient (Wildman–Crippen LogP) is 3.76. The van der Waals surface area contributed by atoms with Gasteiger partial charge in [-0.25, -0.2) is 9.48 Å². The number of hydrogen-bond donors (Lipinski definition) is 1. The Hall–Kier alpha value is -4.39. The largest absolute Gasteiger partial charge is 0.484 e. The molecule has 32 heavy (non-hydrogen) atoms.